The van der Waals surface area contributed by atoms with E-state index in [1.54, 1.807) is 0 Å². The molecule has 8 heavy (non-hydrogen) atoms. The van der Waals surface area contributed by atoms with Crippen LogP contribution in [0.2, 0.25) is 0 Å². The Morgan fingerprint density at radius 3 is 2.75 bits per heavy atom. The summed E-state index contributed by atoms with van der Waals surface area (Å²) in [4.78, 5) is 1.19. The number of rotatable bonds is 1. The lowest BCUT2D eigenvalue weighted by molar-refractivity contribution is 1.07. The van der Waals surface area contributed by atoms with Crippen LogP contribution in [0, 0.1) is 13.8 Å². The Balaban J connectivity index is 2.92. The molecule has 0 atom stereocenters. The van der Waals surface area contributed by atoms with Gasteiger partial charge in [0.05, 0.1) is 5.69 Å². The monoisotopic (exact) mass is 127 g/mol. The van der Waals surface area contributed by atoms with Gasteiger partial charge in [-0.3, -0.25) is 0 Å². The Kier molecular flexibility index (Phi) is 1.58. The van der Waals surface area contributed by atoms with Crippen molar-refractivity contribution in [2.75, 3.05) is 0 Å². The highest BCUT2D eigenvalue weighted by Crippen LogP contribution is 2.07. The molecule has 0 aliphatic heterocycles. The van der Waals surface area contributed by atoms with E-state index >= 15 is 0 Å². The van der Waals surface area contributed by atoms with Crippen LogP contribution in [-0.2, 0) is 6.42 Å². The van der Waals surface area contributed by atoms with E-state index in [1.165, 1.54) is 16.4 Å². The number of hydrogen-bond acceptors (Lipinski definition) is 3. The largest absolute Gasteiger partial charge is 0.143 e. The van der Waals surface area contributed by atoms with Crippen LogP contribution in [0.3, 0.4) is 0 Å². The van der Waals surface area contributed by atoms with Crippen molar-refractivity contribution in [3.05, 3.63) is 17.5 Å². The van der Waals surface area contributed by atoms with Crippen LogP contribution < -0.4 is 0 Å². The third kappa shape index (κ3) is 0.865. The fourth-order valence-corrected chi connectivity index (χ4v) is 1.01. The van der Waals surface area contributed by atoms with E-state index < -0.39 is 0 Å². The third-order valence-electron chi connectivity index (χ3n) is 0.972. The van der Waals surface area contributed by atoms with Crippen LogP contribution in [0.25, 0.3) is 0 Å². The number of hydrogen-bond donors (Lipinski definition) is 0. The van der Waals surface area contributed by atoms with Gasteiger partial charge < -0.3 is 0 Å². The first-order valence-electron chi connectivity index (χ1n) is 2.41. The molecule has 1 aromatic rings. The predicted molar refractivity (Wildman–Crippen MR) is 33.7 cm³/mol. The fourth-order valence-electron chi connectivity index (χ4n) is 0.479. The molecule has 0 saturated carbocycles. The lowest BCUT2D eigenvalue weighted by Crippen LogP contribution is -1.77. The summed E-state index contributed by atoms with van der Waals surface area (Å²) in [6.07, 6.45) is 0.809. The lowest BCUT2D eigenvalue weighted by Gasteiger charge is -1.82. The second-order valence-electron chi connectivity index (χ2n) is 1.53. The zero-order valence-electron chi connectivity index (χ0n) is 4.72. The summed E-state index contributed by atoms with van der Waals surface area (Å²) in [6.45, 7) is 5.67. The van der Waals surface area contributed by atoms with Crippen LogP contribution in [0.5, 0.6) is 0 Å². The number of aryl methyl sites for hydroxylation is 1. The number of nitrogens with zero attached hydrogens (tertiary/aromatic N) is 2. The second-order valence-corrected chi connectivity index (χ2v) is 2.37. The molecule has 0 N–H and O–H groups in total. The molecule has 1 heterocycles. The minimum absolute atomic E-state index is 0.809. The van der Waals surface area contributed by atoms with Gasteiger partial charge in [-0.05, 0) is 31.8 Å². The van der Waals surface area contributed by atoms with Crippen molar-refractivity contribution < 1.29 is 0 Å². The van der Waals surface area contributed by atoms with Gasteiger partial charge in [0, 0.05) is 4.88 Å². The van der Waals surface area contributed by atoms with Crippen molar-refractivity contribution in [3.63, 3.8) is 0 Å². The lowest BCUT2D eigenvalue weighted by atomic mass is 10.3. The van der Waals surface area contributed by atoms with E-state index in [0.29, 0.717) is 0 Å². The molecule has 1 radical (unpaired) electrons. The molecule has 0 aromatic carbocycles. The number of aromatic nitrogens is 2. The minimum atomic E-state index is 0.809. The highest BCUT2D eigenvalue weighted by atomic mass is 32.1. The molecule has 0 aliphatic carbocycles. The van der Waals surface area contributed by atoms with Gasteiger partial charge in [-0.15, -0.1) is 5.10 Å². The summed E-state index contributed by atoms with van der Waals surface area (Å²) in [5.41, 5.74) is 1.02. The van der Waals surface area contributed by atoms with E-state index in [1.807, 2.05) is 6.92 Å². The van der Waals surface area contributed by atoms with Gasteiger partial charge in [-0.1, -0.05) is 4.49 Å². The molecule has 3 heteroatoms. The van der Waals surface area contributed by atoms with E-state index in [-0.39, 0.29) is 0 Å². The first-order valence-corrected chi connectivity index (χ1v) is 3.19. The van der Waals surface area contributed by atoms with Gasteiger partial charge in [0.2, 0.25) is 0 Å². The molecule has 1 rings (SSSR count). The van der Waals surface area contributed by atoms with Crippen LogP contribution in [0.15, 0.2) is 0 Å². The SMILES string of the molecule is [CH2]Cc1snnc1C. The van der Waals surface area contributed by atoms with E-state index in [4.69, 9.17) is 0 Å². The molecule has 2 nitrogen and oxygen atoms in total. The van der Waals surface area contributed by atoms with Crippen molar-refractivity contribution in [3.8, 4) is 0 Å². The molecule has 0 unspecified atom stereocenters. The van der Waals surface area contributed by atoms with Crippen LogP contribution >= 0.6 is 11.5 Å². The van der Waals surface area contributed by atoms with Crippen molar-refractivity contribution >= 4 is 11.5 Å². The molecule has 0 spiro atoms. The summed E-state index contributed by atoms with van der Waals surface area (Å²) >= 11 is 1.43. The summed E-state index contributed by atoms with van der Waals surface area (Å²) in [6, 6.07) is 0. The third-order valence-corrected chi connectivity index (χ3v) is 1.86. The maximum atomic E-state index is 3.82. The van der Waals surface area contributed by atoms with Crippen LogP contribution in [0.4, 0.5) is 0 Å². The minimum Gasteiger partial charge on any atom is -0.143 e. The van der Waals surface area contributed by atoms with E-state index in [9.17, 15) is 0 Å². The second kappa shape index (κ2) is 2.22. The summed E-state index contributed by atoms with van der Waals surface area (Å²) < 4.78 is 3.74. The summed E-state index contributed by atoms with van der Waals surface area (Å²) in [7, 11) is 0. The van der Waals surface area contributed by atoms with Crippen molar-refractivity contribution in [2.45, 2.75) is 13.3 Å². The normalized spacial score (nSPS) is 9.75. The maximum absolute atomic E-state index is 3.82. The zero-order valence-corrected chi connectivity index (χ0v) is 5.53. The van der Waals surface area contributed by atoms with Crippen LogP contribution in [0.1, 0.15) is 10.6 Å². The topological polar surface area (TPSA) is 25.8 Å². The maximum Gasteiger partial charge on any atom is 0.0756 e. The van der Waals surface area contributed by atoms with Crippen molar-refractivity contribution in [2.24, 2.45) is 0 Å². The van der Waals surface area contributed by atoms with E-state index in [2.05, 4.69) is 16.5 Å². The highest BCUT2D eigenvalue weighted by Gasteiger charge is 1.96. The van der Waals surface area contributed by atoms with Gasteiger partial charge in [0.25, 0.3) is 0 Å². The average Bonchev–Trinajstić information content (AvgIpc) is 2.14. The van der Waals surface area contributed by atoms with Gasteiger partial charge in [0.15, 0.2) is 0 Å². The average molecular weight is 127 g/mol. The first-order chi connectivity index (χ1) is 3.84. The molecule has 0 aliphatic rings. The Morgan fingerprint density at radius 1 is 1.75 bits per heavy atom. The highest BCUT2D eigenvalue weighted by molar-refractivity contribution is 7.05. The predicted octanol–water partition coefficient (Wildman–Crippen LogP) is 1.22. The Hall–Kier alpha value is -0.440. The van der Waals surface area contributed by atoms with Gasteiger partial charge >= 0.3 is 0 Å². The van der Waals surface area contributed by atoms with Gasteiger partial charge in [-0.25, -0.2) is 0 Å². The Bertz CT molecular complexity index is 171. The molecule has 0 bridgehead atoms. The fraction of sp³-hybridized carbons (Fsp3) is 0.400. The van der Waals surface area contributed by atoms with Crippen molar-refractivity contribution in [1.82, 2.24) is 9.59 Å². The molecule has 0 fully saturated rings. The van der Waals surface area contributed by atoms with Crippen LogP contribution in [-0.4, -0.2) is 9.59 Å². The van der Waals surface area contributed by atoms with Gasteiger partial charge in [0.1, 0.15) is 0 Å². The molecule has 1 aromatic heterocycles. The molecule has 0 amide bonds. The summed E-state index contributed by atoms with van der Waals surface area (Å²) in [5, 5.41) is 3.82. The zero-order chi connectivity index (χ0) is 5.98. The molecular weight excluding hydrogens is 120 g/mol. The first kappa shape index (κ1) is 5.69. The smallest absolute Gasteiger partial charge is 0.0756 e. The van der Waals surface area contributed by atoms with E-state index in [0.717, 1.165) is 12.1 Å². The Labute approximate surface area is 52.7 Å². The standard InChI is InChI=1S/C5H7N2S/c1-3-5-4(2)6-7-8-5/h1,3H2,2H3. The molecular formula is C5H7N2S. The van der Waals surface area contributed by atoms with Gasteiger partial charge in [-0.2, -0.15) is 0 Å². The molecule has 0 saturated heterocycles. The van der Waals surface area contributed by atoms with Crippen molar-refractivity contribution in [1.29, 1.82) is 0 Å². The summed E-state index contributed by atoms with van der Waals surface area (Å²) in [5.74, 6) is 0. The quantitative estimate of drug-likeness (QED) is 0.567. The Morgan fingerprint density at radius 2 is 2.50 bits per heavy atom. The molecule has 43 valence electrons.